The Kier molecular flexibility index (Phi) is 3.81. The van der Waals surface area contributed by atoms with Gasteiger partial charge in [0.15, 0.2) is 0 Å². The topological polar surface area (TPSA) is 46.5 Å². The molecule has 1 rings (SSSR count). The van der Waals surface area contributed by atoms with E-state index in [1.165, 1.54) is 0 Å². The molecule has 1 heterocycles. The van der Waals surface area contributed by atoms with Gasteiger partial charge in [-0.05, 0) is 6.42 Å². The first-order valence-corrected chi connectivity index (χ1v) is 5.37. The van der Waals surface area contributed by atoms with Gasteiger partial charge >= 0.3 is 5.97 Å². The summed E-state index contributed by atoms with van der Waals surface area (Å²) in [6.07, 6.45) is 1.98. The summed E-state index contributed by atoms with van der Waals surface area (Å²) in [4.78, 5) is 11.1. The molecule has 1 aliphatic rings. The molecule has 0 fully saturated rings. The lowest BCUT2D eigenvalue weighted by atomic mass is 10.0. The average molecular weight is 239 g/mol. The van der Waals surface area contributed by atoms with Gasteiger partial charge in [0.05, 0.1) is 5.88 Å². The lowest BCUT2D eigenvalue weighted by Crippen LogP contribution is -2.32. The third-order valence-electron chi connectivity index (χ3n) is 2.18. The number of esters is 1. The van der Waals surface area contributed by atoms with Crippen LogP contribution >= 0.6 is 23.2 Å². The zero-order valence-corrected chi connectivity index (χ0v) is 9.36. The van der Waals surface area contributed by atoms with E-state index >= 15 is 0 Å². The van der Waals surface area contributed by atoms with E-state index in [9.17, 15) is 9.90 Å². The van der Waals surface area contributed by atoms with E-state index in [0.717, 1.165) is 12.8 Å². The number of unbranched alkanes of at least 4 members (excludes halogenated alkanes) is 1. The number of rotatable bonds is 4. The molecule has 1 N–H and O–H groups in total. The second-order valence-electron chi connectivity index (χ2n) is 3.20. The Bertz CT molecular complexity index is 275. The second-order valence-corrected chi connectivity index (χ2v) is 3.85. The van der Waals surface area contributed by atoms with Crippen LogP contribution in [0.4, 0.5) is 0 Å². The summed E-state index contributed by atoms with van der Waals surface area (Å²) in [5.41, 5.74) is 0.277. The molecule has 0 aromatic carbocycles. The molecule has 80 valence electrons. The van der Waals surface area contributed by atoms with Crippen molar-refractivity contribution in [1.29, 1.82) is 0 Å². The molecular weight excluding hydrogens is 227 g/mol. The molecule has 0 radical (unpaired) electrons. The minimum Gasteiger partial charge on any atom is -0.425 e. The van der Waals surface area contributed by atoms with Gasteiger partial charge in [0, 0.05) is 12.0 Å². The predicted molar refractivity (Wildman–Crippen MR) is 54.2 cm³/mol. The first-order valence-electron chi connectivity index (χ1n) is 4.46. The molecule has 0 aliphatic carbocycles. The van der Waals surface area contributed by atoms with Gasteiger partial charge in [-0.1, -0.05) is 24.9 Å². The SMILES string of the molecule is CCCCC1(O)OC(=O)C(Cl)=C1CCl. The highest BCUT2D eigenvalue weighted by Crippen LogP contribution is 2.36. The molecule has 1 unspecified atom stereocenters. The van der Waals surface area contributed by atoms with Crippen LogP contribution in [0.3, 0.4) is 0 Å². The minimum atomic E-state index is -1.58. The Labute approximate surface area is 92.6 Å². The summed E-state index contributed by atoms with van der Waals surface area (Å²) in [5, 5.41) is 9.87. The minimum absolute atomic E-state index is 0.00475. The Balaban J connectivity index is 2.85. The van der Waals surface area contributed by atoms with Crippen molar-refractivity contribution in [3.05, 3.63) is 10.6 Å². The predicted octanol–water partition coefficient (Wildman–Crippen LogP) is 2.15. The zero-order valence-electron chi connectivity index (χ0n) is 7.85. The lowest BCUT2D eigenvalue weighted by molar-refractivity contribution is -0.183. The monoisotopic (exact) mass is 238 g/mol. The van der Waals surface area contributed by atoms with Gasteiger partial charge in [0.1, 0.15) is 5.03 Å². The quantitative estimate of drug-likeness (QED) is 0.604. The van der Waals surface area contributed by atoms with Gasteiger partial charge in [-0.25, -0.2) is 4.79 Å². The summed E-state index contributed by atoms with van der Waals surface area (Å²) in [6.45, 7) is 1.98. The fourth-order valence-corrected chi connectivity index (χ4v) is 2.00. The van der Waals surface area contributed by atoms with Crippen LogP contribution in [0.25, 0.3) is 0 Å². The van der Waals surface area contributed by atoms with E-state index in [1.807, 2.05) is 6.92 Å². The van der Waals surface area contributed by atoms with Crippen LogP contribution in [-0.4, -0.2) is 22.7 Å². The van der Waals surface area contributed by atoms with Gasteiger partial charge in [0.25, 0.3) is 0 Å². The number of aliphatic hydroxyl groups is 1. The number of carbonyl (C=O) groups is 1. The standard InChI is InChI=1S/C9H12Cl2O3/c1-2-3-4-9(13)6(5-10)7(11)8(12)14-9/h13H,2-5H2,1H3. The smallest absolute Gasteiger partial charge is 0.352 e. The molecule has 0 spiro atoms. The Morgan fingerprint density at radius 3 is 2.71 bits per heavy atom. The van der Waals surface area contributed by atoms with Crippen molar-refractivity contribution >= 4 is 29.2 Å². The van der Waals surface area contributed by atoms with Crippen molar-refractivity contribution in [1.82, 2.24) is 0 Å². The van der Waals surface area contributed by atoms with Gasteiger partial charge < -0.3 is 9.84 Å². The van der Waals surface area contributed by atoms with E-state index in [2.05, 4.69) is 0 Å². The van der Waals surface area contributed by atoms with Gasteiger partial charge in [-0.3, -0.25) is 0 Å². The number of alkyl halides is 1. The van der Waals surface area contributed by atoms with Crippen molar-refractivity contribution in [2.24, 2.45) is 0 Å². The van der Waals surface area contributed by atoms with Crippen LogP contribution in [0.5, 0.6) is 0 Å². The summed E-state index contributed by atoms with van der Waals surface area (Å²) in [7, 11) is 0. The molecule has 14 heavy (non-hydrogen) atoms. The van der Waals surface area contributed by atoms with Gasteiger partial charge in [0.2, 0.25) is 5.79 Å². The second kappa shape index (κ2) is 4.51. The largest absolute Gasteiger partial charge is 0.425 e. The van der Waals surface area contributed by atoms with Crippen LogP contribution < -0.4 is 0 Å². The number of hydrogen-bond donors (Lipinski definition) is 1. The molecule has 0 bridgehead atoms. The Hall–Kier alpha value is -0.250. The molecule has 0 amide bonds. The van der Waals surface area contributed by atoms with Crippen LogP contribution in [0, 0.1) is 0 Å². The molecule has 1 atom stereocenters. The molecule has 1 aliphatic heterocycles. The molecule has 0 saturated carbocycles. The normalized spacial score (nSPS) is 27.0. The van der Waals surface area contributed by atoms with Crippen molar-refractivity contribution in [2.45, 2.75) is 32.0 Å². The van der Waals surface area contributed by atoms with E-state index in [4.69, 9.17) is 27.9 Å². The number of ether oxygens (including phenoxy) is 1. The van der Waals surface area contributed by atoms with E-state index in [-0.39, 0.29) is 16.5 Å². The number of hydrogen-bond acceptors (Lipinski definition) is 3. The van der Waals surface area contributed by atoms with Crippen molar-refractivity contribution in [2.75, 3.05) is 5.88 Å². The van der Waals surface area contributed by atoms with Crippen molar-refractivity contribution in [3.63, 3.8) is 0 Å². The fourth-order valence-electron chi connectivity index (χ4n) is 1.34. The summed E-state index contributed by atoms with van der Waals surface area (Å²) in [6, 6.07) is 0. The number of halogens is 2. The Morgan fingerprint density at radius 1 is 1.57 bits per heavy atom. The molecule has 3 nitrogen and oxygen atoms in total. The summed E-state index contributed by atoms with van der Waals surface area (Å²) < 4.78 is 4.79. The number of cyclic esters (lactones) is 1. The lowest BCUT2D eigenvalue weighted by Gasteiger charge is -2.23. The first kappa shape index (κ1) is 11.8. The van der Waals surface area contributed by atoms with E-state index in [1.54, 1.807) is 0 Å². The molecule has 0 saturated heterocycles. The molecule has 5 heteroatoms. The number of carbonyl (C=O) groups excluding carboxylic acids is 1. The molecular formula is C9H12Cl2O3. The first-order chi connectivity index (χ1) is 6.55. The zero-order chi connectivity index (χ0) is 10.8. The maximum atomic E-state index is 11.1. The average Bonchev–Trinajstić information content (AvgIpc) is 2.35. The highest BCUT2D eigenvalue weighted by atomic mass is 35.5. The summed E-state index contributed by atoms with van der Waals surface area (Å²) >= 11 is 11.2. The van der Waals surface area contributed by atoms with Crippen LogP contribution in [-0.2, 0) is 9.53 Å². The molecule has 0 aromatic heterocycles. The van der Waals surface area contributed by atoms with Crippen LogP contribution in [0.1, 0.15) is 26.2 Å². The van der Waals surface area contributed by atoms with Crippen molar-refractivity contribution < 1.29 is 14.6 Å². The maximum Gasteiger partial charge on any atom is 0.352 e. The summed E-state index contributed by atoms with van der Waals surface area (Å²) in [5.74, 6) is -2.27. The van der Waals surface area contributed by atoms with Crippen molar-refractivity contribution in [3.8, 4) is 0 Å². The highest BCUT2D eigenvalue weighted by Gasteiger charge is 2.44. The van der Waals surface area contributed by atoms with Gasteiger partial charge in [-0.2, -0.15) is 0 Å². The highest BCUT2D eigenvalue weighted by molar-refractivity contribution is 6.43. The van der Waals surface area contributed by atoms with E-state index in [0.29, 0.717) is 6.42 Å². The third-order valence-corrected chi connectivity index (χ3v) is 2.83. The van der Waals surface area contributed by atoms with Crippen LogP contribution in [0.2, 0.25) is 0 Å². The molecule has 0 aromatic rings. The van der Waals surface area contributed by atoms with Crippen LogP contribution in [0.15, 0.2) is 10.6 Å². The van der Waals surface area contributed by atoms with Gasteiger partial charge in [-0.15, -0.1) is 11.6 Å². The maximum absolute atomic E-state index is 11.1. The Morgan fingerprint density at radius 2 is 2.21 bits per heavy atom. The fraction of sp³-hybridized carbons (Fsp3) is 0.667. The van der Waals surface area contributed by atoms with E-state index < -0.39 is 11.8 Å². The third kappa shape index (κ3) is 2.05.